The number of hydrogen-bond acceptors (Lipinski definition) is 1. The Bertz CT molecular complexity index is 1830. The molecule has 0 unspecified atom stereocenters. The van der Waals surface area contributed by atoms with Gasteiger partial charge in [-0.05, 0) is 107 Å². The predicted octanol–water partition coefficient (Wildman–Crippen LogP) is 12.4. The maximum Gasteiger partial charge on any atom is 0.0462 e. The highest BCUT2D eigenvalue weighted by atomic mass is 15.1. The van der Waals surface area contributed by atoms with Crippen LogP contribution in [-0.4, -0.2) is 0 Å². The van der Waals surface area contributed by atoms with Crippen molar-refractivity contribution in [3.63, 3.8) is 0 Å². The number of nitrogens with zero attached hydrogens (tertiary/aromatic N) is 1. The van der Waals surface area contributed by atoms with E-state index in [2.05, 4.69) is 172 Å². The molecule has 0 heterocycles. The number of benzene rings is 5. The third-order valence-electron chi connectivity index (χ3n) is 10.8. The number of fused-ring (bicyclic) bond motifs is 4. The Balaban J connectivity index is 1.23. The first-order valence-corrected chi connectivity index (χ1v) is 16.8. The Morgan fingerprint density at radius 3 is 1.47 bits per heavy atom. The van der Waals surface area contributed by atoms with Crippen LogP contribution < -0.4 is 4.90 Å². The fourth-order valence-corrected chi connectivity index (χ4v) is 8.43. The molecule has 0 saturated carbocycles. The van der Waals surface area contributed by atoms with Crippen molar-refractivity contribution in [2.45, 2.75) is 64.2 Å². The van der Waals surface area contributed by atoms with Crippen LogP contribution in [0.25, 0.3) is 23.3 Å². The second kappa shape index (κ2) is 11.7. The molecule has 0 fully saturated rings. The van der Waals surface area contributed by atoms with Gasteiger partial charge in [0.1, 0.15) is 0 Å². The summed E-state index contributed by atoms with van der Waals surface area (Å²) in [5, 5.41) is 0. The maximum atomic E-state index is 2.50. The summed E-state index contributed by atoms with van der Waals surface area (Å²) in [5.41, 5.74) is 15.3. The van der Waals surface area contributed by atoms with Crippen molar-refractivity contribution < 1.29 is 0 Å². The topological polar surface area (TPSA) is 3.24 Å². The second-order valence-corrected chi connectivity index (χ2v) is 12.6. The Morgan fingerprint density at radius 1 is 0.444 bits per heavy atom. The summed E-state index contributed by atoms with van der Waals surface area (Å²) in [6.45, 7) is 9.55. The minimum Gasteiger partial charge on any atom is -0.311 e. The first-order valence-electron chi connectivity index (χ1n) is 16.8. The molecular formula is C44H43N. The average Bonchev–Trinajstić information content (AvgIpc) is 3.57. The van der Waals surface area contributed by atoms with Gasteiger partial charge in [0.15, 0.2) is 0 Å². The molecule has 2 aliphatic rings. The van der Waals surface area contributed by atoms with E-state index in [1.165, 1.54) is 27.8 Å². The fourth-order valence-electron chi connectivity index (χ4n) is 8.43. The van der Waals surface area contributed by atoms with Gasteiger partial charge in [-0.3, -0.25) is 0 Å². The molecule has 2 aliphatic carbocycles. The van der Waals surface area contributed by atoms with Crippen molar-refractivity contribution in [2.75, 3.05) is 4.90 Å². The summed E-state index contributed by atoms with van der Waals surface area (Å²) in [6.07, 6.45) is 9.04. The number of hydrogen-bond donors (Lipinski definition) is 0. The highest BCUT2D eigenvalue weighted by Gasteiger charge is 2.54. The summed E-state index contributed by atoms with van der Waals surface area (Å²) in [5.74, 6) is 0. The molecule has 0 spiro atoms. The van der Waals surface area contributed by atoms with Gasteiger partial charge in [-0.2, -0.15) is 0 Å². The van der Waals surface area contributed by atoms with Crippen LogP contribution in [0.3, 0.4) is 0 Å². The van der Waals surface area contributed by atoms with Gasteiger partial charge in [-0.25, -0.2) is 0 Å². The van der Waals surface area contributed by atoms with Crippen LogP contribution in [0.1, 0.15) is 86.8 Å². The van der Waals surface area contributed by atoms with Crippen LogP contribution in [0.5, 0.6) is 0 Å². The highest BCUT2D eigenvalue weighted by Crippen LogP contribution is 2.66. The quantitative estimate of drug-likeness (QED) is 0.156. The summed E-state index contributed by atoms with van der Waals surface area (Å²) >= 11 is 0. The van der Waals surface area contributed by atoms with Gasteiger partial charge in [-0.1, -0.05) is 131 Å². The highest BCUT2D eigenvalue weighted by molar-refractivity contribution is 6.10. The maximum absolute atomic E-state index is 2.50. The Labute approximate surface area is 269 Å². The smallest absolute Gasteiger partial charge is 0.0462 e. The summed E-state index contributed by atoms with van der Waals surface area (Å²) in [7, 11) is 0. The van der Waals surface area contributed by atoms with Crippen LogP contribution in [-0.2, 0) is 10.8 Å². The first kappa shape index (κ1) is 29.1. The summed E-state index contributed by atoms with van der Waals surface area (Å²) < 4.78 is 0. The molecule has 0 aromatic heterocycles. The van der Waals surface area contributed by atoms with Crippen molar-refractivity contribution in [3.05, 3.63) is 161 Å². The van der Waals surface area contributed by atoms with E-state index in [-0.39, 0.29) is 10.8 Å². The number of para-hydroxylation sites is 2. The molecule has 1 nitrogen and oxygen atoms in total. The van der Waals surface area contributed by atoms with E-state index in [1.807, 2.05) is 0 Å². The predicted molar refractivity (Wildman–Crippen MR) is 194 cm³/mol. The van der Waals surface area contributed by atoms with Gasteiger partial charge < -0.3 is 4.90 Å². The van der Waals surface area contributed by atoms with Gasteiger partial charge in [0.25, 0.3) is 0 Å². The van der Waals surface area contributed by atoms with Crippen LogP contribution in [0.15, 0.2) is 127 Å². The molecule has 0 amide bonds. The first-order chi connectivity index (χ1) is 22.1. The Kier molecular flexibility index (Phi) is 7.58. The van der Waals surface area contributed by atoms with E-state index in [9.17, 15) is 0 Å². The van der Waals surface area contributed by atoms with Crippen LogP contribution in [0.2, 0.25) is 0 Å². The molecule has 5 aromatic carbocycles. The number of allylic oxidation sites excluding steroid dienone is 2. The molecule has 0 atom stereocenters. The van der Waals surface area contributed by atoms with Crippen molar-refractivity contribution in [1.82, 2.24) is 0 Å². The summed E-state index contributed by atoms with van der Waals surface area (Å²) in [4.78, 5) is 2.31. The molecule has 7 rings (SSSR count). The average molecular weight is 586 g/mol. The molecule has 224 valence electrons. The molecule has 5 aromatic rings. The SMILES string of the molecule is CCC1(CC)C2=C(c3ccccc31)C(CC)(CC)c1cc(C=Cc3ccc(N(c4ccccc4)c4ccccc4)cc3)ccc12. The normalized spacial score (nSPS) is 15.6. The van der Waals surface area contributed by atoms with Gasteiger partial charge in [0, 0.05) is 27.9 Å². The standard InChI is InChI=1S/C44H43N/c1-5-43(6-2)39-22-16-15-21-37(39)41-42(43)38-30-27-33(31-40(38)44(41,7-3)8-4)24-23-32-25-28-36(29-26-32)45(34-17-11-9-12-18-34)35-19-13-10-14-20-35/h9-31H,5-8H2,1-4H3. The number of anilines is 3. The van der Waals surface area contributed by atoms with Crippen LogP contribution in [0.4, 0.5) is 17.1 Å². The largest absolute Gasteiger partial charge is 0.311 e. The molecule has 0 bridgehead atoms. The monoisotopic (exact) mass is 585 g/mol. The summed E-state index contributed by atoms with van der Waals surface area (Å²) in [6, 6.07) is 46.6. The lowest BCUT2D eigenvalue weighted by Gasteiger charge is -2.34. The molecule has 0 saturated heterocycles. The molecule has 0 N–H and O–H groups in total. The zero-order chi connectivity index (χ0) is 31.0. The number of rotatable bonds is 9. The minimum absolute atomic E-state index is 0.0523. The van der Waals surface area contributed by atoms with E-state index in [1.54, 1.807) is 16.7 Å². The van der Waals surface area contributed by atoms with Gasteiger partial charge in [0.05, 0.1) is 0 Å². The van der Waals surface area contributed by atoms with Gasteiger partial charge in [-0.15, -0.1) is 0 Å². The van der Waals surface area contributed by atoms with E-state index < -0.39 is 0 Å². The lowest BCUT2D eigenvalue weighted by atomic mass is 9.69. The molecule has 0 aliphatic heterocycles. The molecule has 45 heavy (non-hydrogen) atoms. The van der Waals surface area contributed by atoms with Gasteiger partial charge in [0.2, 0.25) is 0 Å². The molecular weight excluding hydrogens is 542 g/mol. The third kappa shape index (κ3) is 4.52. The molecule has 0 radical (unpaired) electrons. The van der Waals surface area contributed by atoms with Crippen molar-refractivity contribution >= 4 is 40.4 Å². The van der Waals surface area contributed by atoms with E-state index in [4.69, 9.17) is 0 Å². The fraction of sp³-hybridized carbons (Fsp3) is 0.227. The molecule has 1 heteroatoms. The Morgan fingerprint density at radius 2 is 0.889 bits per heavy atom. The van der Waals surface area contributed by atoms with E-state index >= 15 is 0 Å². The van der Waals surface area contributed by atoms with Gasteiger partial charge >= 0.3 is 0 Å². The zero-order valence-corrected chi connectivity index (χ0v) is 27.1. The Hall–Kier alpha value is -4.62. The lowest BCUT2D eigenvalue weighted by Crippen LogP contribution is -2.25. The van der Waals surface area contributed by atoms with Crippen molar-refractivity contribution in [1.29, 1.82) is 0 Å². The lowest BCUT2D eigenvalue weighted by molar-refractivity contribution is 0.518. The van der Waals surface area contributed by atoms with Crippen LogP contribution in [0, 0.1) is 0 Å². The third-order valence-corrected chi connectivity index (χ3v) is 10.8. The minimum atomic E-state index is 0.0523. The van der Waals surface area contributed by atoms with Crippen molar-refractivity contribution in [2.24, 2.45) is 0 Å². The zero-order valence-electron chi connectivity index (χ0n) is 27.1. The van der Waals surface area contributed by atoms with E-state index in [0.717, 1.165) is 42.7 Å². The second-order valence-electron chi connectivity index (χ2n) is 12.6. The van der Waals surface area contributed by atoms with Crippen LogP contribution >= 0.6 is 0 Å². The van der Waals surface area contributed by atoms with E-state index in [0.29, 0.717) is 0 Å². The van der Waals surface area contributed by atoms with Crippen molar-refractivity contribution in [3.8, 4) is 0 Å².